The standard InChI is InChI=1S/C14H16ClNO2/c1-10-11(2)18-14(16-10)12-4-6-13(7-5-12)17-9-3-8-15/h4-7H,3,8-9H2,1-2H3. The largest absolute Gasteiger partial charge is 0.494 e. The fourth-order valence-electron chi connectivity index (χ4n) is 1.53. The summed E-state index contributed by atoms with van der Waals surface area (Å²) < 4.78 is 11.1. The maximum absolute atomic E-state index is 5.59. The van der Waals surface area contributed by atoms with E-state index in [1.165, 1.54) is 0 Å². The highest BCUT2D eigenvalue weighted by Crippen LogP contribution is 2.23. The van der Waals surface area contributed by atoms with Crippen molar-refractivity contribution >= 4 is 11.6 Å². The zero-order valence-corrected chi connectivity index (χ0v) is 11.3. The van der Waals surface area contributed by atoms with Gasteiger partial charge in [0.1, 0.15) is 11.5 Å². The second-order valence-corrected chi connectivity index (χ2v) is 4.45. The van der Waals surface area contributed by atoms with Crippen LogP contribution in [0, 0.1) is 13.8 Å². The molecular weight excluding hydrogens is 250 g/mol. The van der Waals surface area contributed by atoms with Crippen molar-refractivity contribution in [2.45, 2.75) is 20.3 Å². The SMILES string of the molecule is Cc1nc(-c2ccc(OCCCCl)cc2)oc1C. The molecule has 0 amide bonds. The van der Waals surface area contributed by atoms with Gasteiger partial charge in [-0.2, -0.15) is 0 Å². The number of halogens is 1. The van der Waals surface area contributed by atoms with Crippen LogP contribution in [0.4, 0.5) is 0 Å². The van der Waals surface area contributed by atoms with Gasteiger partial charge in [0.05, 0.1) is 12.3 Å². The van der Waals surface area contributed by atoms with Crippen molar-refractivity contribution in [3.8, 4) is 17.2 Å². The summed E-state index contributed by atoms with van der Waals surface area (Å²) in [5.41, 5.74) is 1.88. The Morgan fingerprint density at radius 2 is 1.94 bits per heavy atom. The number of aromatic nitrogens is 1. The van der Waals surface area contributed by atoms with Crippen LogP contribution in [0.2, 0.25) is 0 Å². The third kappa shape index (κ3) is 3.05. The summed E-state index contributed by atoms with van der Waals surface area (Å²) in [7, 11) is 0. The van der Waals surface area contributed by atoms with Gasteiger partial charge in [0, 0.05) is 11.4 Å². The van der Waals surface area contributed by atoms with Gasteiger partial charge in [-0.05, 0) is 44.5 Å². The molecule has 2 rings (SSSR count). The number of oxazole rings is 1. The Balaban J connectivity index is 2.07. The van der Waals surface area contributed by atoms with Crippen LogP contribution in [0.15, 0.2) is 28.7 Å². The smallest absolute Gasteiger partial charge is 0.226 e. The van der Waals surface area contributed by atoms with Crippen molar-refractivity contribution in [2.24, 2.45) is 0 Å². The van der Waals surface area contributed by atoms with Gasteiger partial charge in [-0.15, -0.1) is 11.6 Å². The first-order valence-electron chi connectivity index (χ1n) is 5.94. The number of rotatable bonds is 5. The molecule has 0 saturated carbocycles. The van der Waals surface area contributed by atoms with Crippen LogP contribution < -0.4 is 4.74 Å². The predicted octanol–water partition coefficient (Wildman–Crippen LogP) is 3.97. The summed E-state index contributed by atoms with van der Waals surface area (Å²) >= 11 is 5.59. The molecule has 2 aromatic rings. The van der Waals surface area contributed by atoms with Crippen LogP contribution in [0.3, 0.4) is 0 Å². The Morgan fingerprint density at radius 3 is 2.50 bits per heavy atom. The second-order valence-electron chi connectivity index (χ2n) is 4.08. The lowest BCUT2D eigenvalue weighted by molar-refractivity contribution is 0.318. The van der Waals surface area contributed by atoms with E-state index in [0.717, 1.165) is 29.2 Å². The monoisotopic (exact) mass is 265 g/mol. The molecule has 0 saturated heterocycles. The molecule has 1 aromatic heterocycles. The molecule has 18 heavy (non-hydrogen) atoms. The summed E-state index contributed by atoms with van der Waals surface area (Å²) in [4.78, 5) is 4.36. The molecule has 0 aliphatic carbocycles. The minimum absolute atomic E-state index is 0.618. The Hall–Kier alpha value is -1.48. The molecule has 1 heterocycles. The topological polar surface area (TPSA) is 35.3 Å². The first-order chi connectivity index (χ1) is 8.70. The number of aryl methyl sites for hydroxylation is 2. The van der Waals surface area contributed by atoms with E-state index < -0.39 is 0 Å². The van der Waals surface area contributed by atoms with E-state index in [0.29, 0.717) is 18.4 Å². The lowest BCUT2D eigenvalue weighted by Crippen LogP contribution is -1.97. The van der Waals surface area contributed by atoms with Crippen molar-refractivity contribution in [3.05, 3.63) is 35.7 Å². The number of hydrogen-bond donors (Lipinski definition) is 0. The van der Waals surface area contributed by atoms with E-state index in [1.54, 1.807) is 0 Å². The highest BCUT2D eigenvalue weighted by molar-refractivity contribution is 6.17. The molecule has 0 aliphatic heterocycles. The Morgan fingerprint density at radius 1 is 1.22 bits per heavy atom. The minimum atomic E-state index is 0.618. The molecule has 3 nitrogen and oxygen atoms in total. The van der Waals surface area contributed by atoms with Gasteiger partial charge in [-0.25, -0.2) is 4.98 Å². The molecule has 4 heteroatoms. The number of nitrogens with zero attached hydrogens (tertiary/aromatic N) is 1. The van der Waals surface area contributed by atoms with Crippen LogP contribution >= 0.6 is 11.6 Å². The first kappa shape index (κ1) is 13.0. The van der Waals surface area contributed by atoms with Gasteiger partial charge in [0.2, 0.25) is 5.89 Å². The fourth-order valence-corrected chi connectivity index (χ4v) is 1.64. The van der Waals surface area contributed by atoms with E-state index in [2.05, 4.69) is 4.98 Å². The highest BCUT2D eigenvalue weighted by atomic mass is 35.5. The van der Waals surface area contributed by atoms with Crippen LogP contribution in [-0.2, 0) is 0 Å². The minimum Gasteiger partial charge on any atom is -0.494 e. The van der Waals surface area contributed by atoms with Crippen molar-refractivity contribution in [1.82, 2.24) is 4.98 Å². The zero-order chi connectivity index (χ0) is 13.0. The Labute approximate surface area is 112 Å². The van der Waals surface area contributed by atoms with E-state index in [-0.39, 0.29) is 0 Å². The van der Waals surface area contributed by atoms with Crippen molar-refractivity contribution in [1.29, 1.82) is 0 Å². The number of ether oxygens (including phenoxy) is 1. The van der Waals surface area contributed by atoms with E-state index in [9.17, 15) is 0 Å². The molecule has 0 radical (unpaired) electrons. The zero-order valence-electron chi connectivity index (χ0n) is 10.6. The summed E-state index contributed by atoms with van der Waals surface area (Å²) in [6, 6.07) is 7.72. The van der Waals surface area contributed by atoms with Crippen LogP contribution in [0.25, 0.3) is 11.5 Å². The Kier molecular flexibility index (Phi) is 4.26. The highest BCUT2D eigenvalue weighted by Gasteiger charge is 2.07. The molecule has 0 fully saturated rings. The van der Waals surface area contributed by atoms with Crippen molar-refractivity contribution in [2.75, 3.05) is 12.5 Å². The molecule has 1 aromatic carbocycles. The fraction of sp³-hybridized carbons (Fsp3) is 0.357. The summed E-state index contributed by atoms with van der Waals surface area (Å²) in [6.45, 7) is 4.49. The van der Waals surface area contributed by atoms with E-state index in [1.807, 2.05) is 38.1 Å². The van der Waals surface area contributed by atoms with Gasteiger partial charge >= 0.3 is 0 Å². The number of benzene rings is 1. The molecule has 0 atom stereocenters. The lowest BCUT2D eigenvalue weighted by atomic mass is 10.2. The van der Waals surface area contributed by atoms with Crippen LogP contribution in [-0.4, -0.2) is 17.5 Å². The third-order valence-corrected chi connectivity index (χ3v) is 2.94. The maximum Gasteiger partial charge on any atom is 0.226 e. The molecule has 0 aliphatic rings. The quantitative estimate of drug-likeness (QED) is 0.606. The molecule has 0 bridgehead atoms. The van der Waals surface area contributed by atoms with Gasteiger partial charge in [0.25, 0.3) is 0 Å². The van der Waals surface area contributed by atoms with E-state index >= 15 is 0 Å². The molecule has 0 N–H and O–H groups in total. The molecule has 96 valence electrons. The van der Waals surface area contributed by atoms with Crippen LogP contribution in [0.5, 0.6) is 5.75 Å². The van der Waals surface area contributed by atoms with Crippen molar-refractivity contribution in [3.63, 3.8) is 0 Å². The molecule has 0 unspecified atom stereocenters. The number of alkyl halides is 1. The normalized spacial score (nSPS) is 10.6. The van der Waals surface area contributed by atoms with Gasteiger partial charge < -0.3 is 9.15 Å². The average molecular weight is 266 g/mol. The summed E-state index contributed by atoms with van der Waals surface area (Å²) in [6.07, 6.45) is 0.849. The van der Waals surface area contributed by atoms with Crippen molar-refractivity contribution < 1.29 is 9.15 Å². The lowest BCUT2D eigenvalue weighted by Gasteiger charge is -2.04. The third-order valence-electron chi connectivity index (χ3n) is 2.68. The van der Waals surface area contributed by atoms with Gasteiger partial charge in [-0.1, -0.05) is 0 Å². The average Bonchev–Trinajstić information content (AvgIpc) is 2.71. The van der Waals surface area contributed by atoms with Gasteiger partial charge in [0.15, 0.2) is 0 Å². The maximum atomic E-state index is 5.59. The van der Waals surface area contributed by atoms with E-state index in [4.69, 9.17) is 20.8 Å². The number of hydrogen-bond acceptors (Lipinski definition) is 3. The van der Waals surface area contributed by atoms with Crippen LogP contribution in [0.1, 0.15) is 17.9 Å². The second kappa shape index (κ2) is 5.91. The predicted molar refractivity (Wildman–Crippen MR) is 72.2 cm³/mol. The molecule has 0 spiro atoms. The summed E-state index contributed by atoms with van der Waals surface area (Å²) in [5.74, 6) is 2.96. The van der Waals surface area contributed by atoms with Gasteiger partial charge in [-0.3, -0.25) is 0 Å². The molecular formula is C14H16ClNO2. The first-order valence-corrected chi connectivity index (χ1v) is 6.47. The Bertz CT molecular complexity index is 486. The summed E-state index contributed by atoms with van der Waals surface area (Å²) in [5, 5.41) is 0.